The number of hydrogen-bond acceptors (Lipinski definition) is 2. The van der Waals surface area contributed by atoms with Gasteiger partial charge in [0.15, 0.2) is 0 Å². The first-order valence-electron chi connectivity index (χ1n) is 8.74. The van der Waals surface area contributed by atoms with Crippen molar-refractivity contribution < 1.29 is 4.79 Å². The molecule has 0 bridgehead atoms. The summed E-state index contributed by atoms with van der Waals surface area (Å²) in [7, 11) is 0. The highest BCUT2D eigenvalue weighted by molar-refractivity contribution is 6.32. The van der Waals surface area contributed by atoms with E-state index in [1.807, 2.05) is 56.3 Å². The van der Waals surface area contributed by atoms with Gasteiger partial charge in [0.1, 0.15) is 5.82 Å². The molecule has 0 saturated carbocycles. The molecule has 4 nitrogen and oxygen atoms in total. The SMILES string of the molecule is Cc1ccc(C(=O)Nc2ccc(-c3nc4ccc(Cl)cc4[nH]3)cc2C)cc1Cl. The summed E-state index contributed by atoms with van der Waals surface area (Å²) in [5.74, 6) is 0.555. The van der Waals surface area contributed by atoms with E-state index in [1.165, 1.54) is 0 Å². The average molecular weight is 410 g/mol. The first kappa shape index (κ1) is 18.5. The summed E-state index contributed by atoms with van der Waals surface area (Å²) < 4.78 is 0. The third-order valence-corrected chi connectivity index (χ3v) is 5.27. The van der Waals surface area contributed by atoms with Crippen LogP contribution in [0.4, 0.5) is 5.69 Å². The molecular formula is C22H17Cl2N3O. The standard InChI is InChI=1S/C22H17Cl2N3O/c1-12-3-4-15(10-17(12)24)22(28)27-18-7-5-14(9-13(18)2)21-25-19-8-6-16(23)11-20(19)26-21/h3-11H,1-2H3,(H,25,26)(H,27,28). The molecular weight excluding hydrogens is 393 g/mol. The van der Waals surface area contributed by atoms with Gasteiger partial charge in [0, 0.05) is 26.9 Å². The van der Waals surface area contributed by atoms with Crippen molar-refractivity contribution >= 4 is 45.8 Å². The lowest BCUT2D eigenvalue weighted by atomic mass is 10.1. The van der Waals surface area contributed by atoms with E-state index in [4.69, 9.17) is 23.2 Å². The van der Waals surface area contributed by atoms with E-state index in [0.29, 0.717) is 15.6 Å². The van der Waals surface area contributed by atoms with E-state index >= 15 is 0 Å². The van der Waals surface area contributed by atoms with Crippen LogP contribution in [-0.2, 0) is 0 Å². The number of nitrogens with one attached hydrogen (secondary N) is 2. The first-order chi connectivity index (χ1) is 13.4. The van der Waals surface area contributed by atoms with Gasteiger partial charge in [0.05, 0.1) is 11.0 Å². The number of carbonyl (C=O) groups excluding carboxylic acids is 1. The molecule has 4 rings (SSSR count). The Morgan fingerprint density at radius 2 is 1.79 bits per heavy atom. The number of halogens is 2. The quantitative estimate of drug-likeness (QED) is 0.410. The molecule has 1 amide bonds. The average Bonchev–Trinajstić information content (AvgIpc) is 3.08. The van der Waals surface area contributed by atoms with Crippen molar-refractivity contribution in [1.29, 1.82) is 0 Å². The largest absolute Gasteiger partial charge is 0.338 e. The monoisotopic (exact) mass is 409 g/mol. The van der Waals surface area contributed by atoms with E-state index < -0.39 is 0 Å². The molecule has 28 heavy (non-hydrogen) atoms. The number of hydrogen-bond donors (Lipinski definition) is 2. The molecule has 140 valence electrons. The lowest BCUT2D eigenvalue weighted by molar-refractivity contribution is 0.102. The Labute approximate surface area is 172 Å². The summed E-state index contributed by atoms with van der Waals surface area (Å²) in [4.78, 5) is 20.4. The number of aromatic amines is 1. The van der Waals surface area contributed by atoms with Crippen LogP contribution in [0.2, 0.25) is 10.0 Å². The van der Waals surface area contributed by atoms with E-state index in [2.05, 4.69) is 15.3 Å². The molecule has 0 radical (unpaired) electrons. The van der Waals surface area contributed by atoms with Crippen molar-refractivity contribution in [2.75, 3.05) is 5.32 Å². The maximum absolute atomic E-state index is 12.5. The van der Waals surface area contributed by atoms with E-state index in [0.717, 1.165) is 39.2 Å². The van der Waals surface area contributed by atoms with Crippen molar-refractivity contribution in [3.63, 3.8) is 0 Å². The van der Waals surface area contributed by atoms with Crippen LogP contribution >= 0.6 is 23.2 Å². The van der Waals surface area contributed by atoms with Crippen molar-refractivity contribution in [3.05, 3.63) is 81.3 Å². The third kappa shape index (κ3) is 3.61. The Morgan fingerprint density at radius 3 is 2.54 bits per heavy atom. The van der Waals surface area contributed by atoms with E-state index in [9.17, 15) is 4.79 Å². The molecule has 0 fully saturated rings. The van der Waals surface area contributed by atoms with E-state index in [1.54, 1.807) is 12.1 Å². The second-order valence-electron chi connectivity index (χ2n) is 6.69. The van der Waals surface area contributed by atoms with Gasteiger partial charge in [-0.1, -0.05) is 29.3 Å². The lowest BCUT2D eigenvalue weighted by Gasteiger charge is -2.10. The van der Waals surface area contributed by atoms with Crippen LogP contribution in [0.15, 0.2) is 54.6 Å². The number of benzene rings is 3. The predicted molar refractivity (Wildman–Crippen MR) is 115 cm³/mol. The summed E-state index contributed by atoms with van der Waals surface area (Å²) in [6.07, 6.45) is 0. The highest BCUT2D eigenvalue weighted by Gasteiger charge is 2.11. The van der Waals surface area contributed by atoms with Gasteiger partial charge in [0.2, 0.25) is 0 Å². The Balaban J connectivity index is 1.60. The molecule has 2 N–H and O–H groups in total. The smallest absolute Gasteiger partial charge is 0.255 e. The number of nitrogens with zero attached hydrogens (tertiary/aromatic N) is 1. The summed E-state index contributed by atoms with van der Waals surface area (Å²) in [6.45, 7) is 3.85. The number of carbonyl (C=O) groups is 1. The minimum Gasteiger partial charge on any atom is -0.338 e. The third-order valence-electron chi connectivity index (χ3n) is 4.63. The number of aryl methyl sites for hydroxylation is 2. The van der Waals surface area contributed by atoms with Gasteiger partial charge in [-0.15, -0.1) is 0 Å². The van der Waals surface area contributed by atoms with Crippen molar-refractivity contribution in [2.24, 2.45) is 0 Å². The maximum Gasteiger partial charge on any atom is 0.255 e. The van der Waals surface area contributed by atoms with Gasteiger partial charge < -0.3 is 10.3 Å². The molecule has 0 unspecified atom stereocenters. The number of H-pyrrole nitrogens is 1. The van der Waals surface area contributed by atoms with Gasteiger partial charge in [-0.25, -0.2) is 4.98 Å². The minimum absolute atomic E-state index is 0.198. The number of amides is 1. The van der Waals surface area contributed by atoms with Crippen LogP contribution in [0, 0.1) is 13.8 Å². The van der Waals surface area contributed by atoms with Gasteiger partial charge in [0.25, 0.3) is 5.91 Å². The van der Waals surface area contributed by atoms with Gasteiger partial charge in [-0.05, 0) is 73.5 Å². The first-order valence-corrected chi connectivity index (χ1v) is 9.50. The Morgan fingerprint density at radius 1 is 0.964 bits per heavy atom. The Hall–Kier alpha value is -2.82. The van der Waals surface area contributed by atoms with Gasteiger partial charge >= 0.3 is 0 Å². The van der Waals surface area contributed by atoms with Crippen molar-refractivity contribution in [2.45, 2.75) is 13.8 Å². The zero-order valence-corrected chi connectivity index (χ0v) is 16.8. The van der Waals surface area contributed by atoms with E-state index in [-0.39, 0.29) is 5.91 Å². The van der Waals surface area contributed by atoms with Crippen molar-refractivity contribution in [3.8, 4) is 11.4 Å². The van der Waals surface area contributed by atoms with Crippen LogP contribution in [0.5, 0.6) is 0 Å². The van der Waals surface area contributed by atoms with Crippen LogP contribution in [0.1, 0.15) is 21.5 Å². The summed E-state index contributed by atoms with van der Waals surface area (Å²) in [5.41, 5.74) is 5.80. The Kier molecular flexibility index (Phi) is 4.84. The number of fused-ring (bicyclic) bond motifs is 1. The van der Waals surface area contributed by atoms with Gasteiger partial charge in [-0.2, -0.15) is 0 Å². The van der Waals surface area contributed by atoms with Crippen LogP contribution in [0.3, 0.4) is 0 Å². The molecule has 3 aromatic carbocycles. The van der Waals surface area contributed by atoms with Crippen LogP contribution in [-0.4, -0.2) is 15.9 Å². The maximum atomic E-state index is 12.5. The second kappa shape index (κ2) is 7.30. The lowest BCUT2D eigenvalue weighted by Crippen LogP contribution is -2.12. The second-order valence-corrected chi connectivity index (χ2v) is 7.54. The van der Waals surface area contributed by atoms with Crippen molar-refractivity contribution in [1.82, 2.24) is 9.97 Å². The predicted octanol–water partition coefficient (Wildman–Crippen LogP) is 6.41. The van der Waals surface area contributed by atoms with Crippen LogP contribution in [0.25, 0.3) is 22.4 Å². The number of anilines is 1. The fraction of sp³-hybridized carbons (Fsp3) is 0.0909. The normalized spacial score (nSPS) is 11.0. The molecule has 0 aliphatic heterocycles. The molecule has 0 spiro atoms. The fourth-order valence-corrected chi connectivity index (χ4v) is 3.35. The Bertz CT molecular complexity index is 1210. The highest BCUT2D eigenvalue weighted by atomic mass is 35.5. The molecule has 0 saturated heterocycles. The zero-order valence-electron chi connectivity index (χ0n) is 15.3. The summed E-state index contributed by atoms with van der Waals surface area (Å²) >= 11 is 12.2. The molecule has 4 aromatic rings. The number of rotatable bonds is 3. The molecule has 1 aromatic heterocycles. The number of aromatic nitrogens is 2. The molecule has 0 aliphatic rings. The van der Waals surface area contributed by atoms with Crippen LogP contribution < -0.4 is 5.32 Å². The molecule has 1 heterocycles. The number of imidazole rings is 1. The summed E-state index contributed by atoms with van der Waals surface area (Å²) in [6, 6.07) is 16.6. The zero-order chi connectivity index (χ0) is 19.8. The molecule has 0 aliphatic carbocycles. The summed E-state index contributed by atoms with van der Waals surface area (Å²) in [5, 5.41) is 4.17. The molecule has 6 heteroatoms. The van der Waals surface area contributed by atoms with Gasteiger partial charge in [-0.3, -0.25) is 4.79 Å². The highest BCUT2D eigenvalue weighted by Crippen LogP contribution is 2.27. The molecule has 0 atom stereocenters. The topological polar surface area (TPSA) is 57.8 Å². The fourth-order valence-electron chi connectivity index (χ4n) is 3.00. The minimum atomic E-state index is -0.198.